The zero-order chi connectivity index (χ0) is 17.2. The highest BCUT2D eigenvalue weighted by atomic mass is 35.5. The first kappa shape index (κ1) is 17.7. The van der Waals surface area contributed by atoms with Gasteiger partial charge in [-0.1, -0.05) is 50.6 Å². The quantitative estimate of drug-likeness (QED) is 0.603. The van der Waals surface area contributed by atoms with Gasteiger partial charge >= 0.3 is 0 Å². The highest BCUT2D eigenvalue weighted by Crippen LogP contribution is 2.40. The van der Waals surface area contributed by atoms with E-state index >= 15 is 0 Å². The summed E-state index contributed by atoms with van der Waals surface area (Å²) in [5.41, 5.74) is -0.0646. The summed E-state index contributed by atoms with van der Waals surface area (Å²) in [6.07, 6.45) is -2.47. The number of ether oxygens (including phenoxy) is 1. The zero-order valence-corrected chi connectivity index (χ0v) is 13.9. The van der Waals surface area contributed by atoms with E-state index in [1.54, 1.807) is 45.0 Å². The first-order valence-electron chi connectivity index (χ1n) is 7.20. The van der Waals surface area contributed by atoms with E-state index in [0.29, 0.717) is 11.3 Å². The molecule has 0 unspecified atom stereocenters. The van der Waals surface area contributed by atoms with Gasteiger partial charge in [0.15, 0.2) is 11.6 Å². The molecule has 0 fully saturated rings. The van der Waals surface area contributed by atoms with Crippen molar-refractivity contribution in [3.63, 3.8) is 0 Å². The Morgan fingerprint density at radius 1 is 1.00 bits per heavy atom. The van der Waals surface area contributed by atoms with Crippen molar-refractivity contribution in [2.45, 2.75) is 33.1 Å². The van der Waals surface area contributed by atoms with Gasteiger partial charge in [-0.15, -0.1) is 0 Å². The second-order valence-corrected chi connectivity index (χ2v) is 6.81. The van der Waals surface area contributed by atoms with E-state index in [1.165, 1.54) is 18.2 Å². The monoisotopic (exact) mass is 342 g/mol. The minimum Gasteiger partial charge on any atom is -0.453 e. The van der Waals surface area contributed by atoms with E-state index in [0.717, 1.165) is 0 Å². The molecule has 0 aliphatic heterocycles. The number of halogens is 4. The lowest BCUT2D eigenvalue weighted by molar-refractivity contribution is 0.0623. The van der Waals surface area contributed by atoms with E-state index in [1.807, 2.05) is 0 Å². The Labute approximate surface area is 139 Å². The van der Waals surface area contributed by atoms with Crippen molar-refractivity contribution in [1.82, 2.24) is 0 Å². The van der Waals surface area contributed by atoms with Crippen LogP contribution < -0.4 is 4.74 Å². The first-order valence-corrected chi connectivity index (χ1v) is 7.58. The lowest BCUT2D eigenvalue weighted by Gasteiger charge is -2.30. The molecule has 1 nitrogen and oxygen atoms in total. The summed E-state index contributed by atoms with van der Waals surface area (Å²) in [5.74, 6) is -1.22. The molecule has 2 aromatic carbocycles. The van der Waals surface area contributed by atoms with Crippen LogP contribution in [-0.4, -0.2) is 6.43 Å². The van der Waals surface area contributed by atoms with E-state index in [9.17, 15) is 13.2 Å². The average Bonchev–Trinajstić information content (AvgIpc) is 2.43. The molecule has 5 heteroatoms. The van der Waals surface area contributed by atoms with E-state index in [4.69, 9.17) is 16.3 Å². The highest BCUT2D eigenvalue weighted by Gasteiger charge is 2.34. The normalized spacial score (nSPS) is 13.2. The Morgan fingerprint density at radius 2 is 1.61 bits per heavy atom. The minimum absolute atomic E-state index is 0.0804. The van der Waals surface area contributed by atoms with Crippen molar-refractivity contribution in [3.8, 4) is 11.5 Å². The van der Waals surface area contributed by atoms with Gasteiger partial charge in [-0.3, -0.25) is 0 Å². The largest absolute Gasteiger partial charge is 0.453 e. The van der Waals surface area contributed by atoms with Crippen LogP contribution in [0.4, 0.5) is 13.2 Å². The molecule has 0 heterocycles. The molecule has 0 bridgehead atoms. The fourth-order valence-electron chi connectivity index (χ4n) is 2.46. The molecule has 0 saturated carbocycles. The van der Waals surface area contributed by atoms with Gasteiger partial charge in [0.2, 0.25) is 6.43 Å². The number of rotatable bonds is 4. The van der Waals surface area contributed by atoms with Crippen LogP contribution in [-0.2, 0) is 0 Å². The molecule has 0 aliphatic carbocycles. The molecule has 124 valence electrons. The predicted molar refractivity (Wildman–Crippen MR) is 86.1 cm³/mol. The lowest BCUT2D eigenvalue weighted by atomic mass is 9.77. The Hall–Kier alpha value is -1.68. The molecule has 1 atom stereocenters. The van der Waals surface area contributed by atoms with Crippen LogP contribution in [0.3, 0.4) is 0 Å². The molecule has 0 aromatic heterocycles. The molecular weight excluding hydrogens is 325 g/mol. The van der Waals surface area contributed by atoms with Crippen LogP contribution in [0.1, 0.15) is 32.3 Å². The van der Waals surface area contributed by atoms with E-state index < -0.39 is 23.6 Å². The Morgan fingerprint density at radius 3 is 2.09 bits per heavy atom. The van der Waals surface area contributed by atoms with Gasteiger partial charge in [-0.2, -0.15) is 0 Å². The average molecular weight is 343 g/mol. The van der Waals surface area contributed by atoms with Gasteiger partial charge in [0.05, 0.1) is 5.02 Å². The van der Waals surface area contributed by atoms with E-state index in [2.05, 4.69) is 0 Å². The predicted octanol–water partition coefficient (Wildman–Crippen LogP) is 6.67. The maximum absolute atomic E-state index is 13.7. The summed E-state index contributed by atoms with van der Waals surface area (Å²) in [4.78, 5) is 0. The van der Waals surface area contributed by atoms with Crippen LogP contribution in [0.15, 0.2) is 42.5 Å². The van der Waals surface area contributed by atoms with Gasteiger partial charge in [0, 0.05) is 5.92 Å². The first-order chi connectivity index (χ1) is 10.7. The number of hydrogen-bond donors (Lipinski definition) is 0. The third-order valence-electron chi connectivity index (χ3n) is 3.56. The molecule has 0 N–H and O–H groups in total. The third-order valence-corrected chi connectivity index (χ3v) is 3.86. The summed E-state index contributed by atoms with van der Waals surface area (Å²) < 4.78 is 45.8. The molecule has 0 aliphatic rings. The molecular formula is C18H18ClF3O. The van der Waals surface area contributed by atoms with Crippen molar-refractivity contribution in [3.05, 3.63) is 58.9 Å². The number of alkyl halides is 2. The second-order valence-electron chi connectivity index (χ2n) is 6.40. The summed E-state index contributed by atoms with van der Waals surface area (Å²) in [6, 6.07) is 10.5. The molecule has 23 heavy (non-hydrogen) atoms. The molecule has 0 spiro atoms. The van der Waals surface area contributed by atoms with Gasteiger partial charge in [0.1, 0.15) is 5.75 Å². The van der Waals surface area contributed by atoms with Gasteiger partial charge in [-0.05, 0) is 35.2 Å². The standard InChI is InChI=1S/C18H18ClF3O/c1-18(2,3)15(17(21)22)11-7-9-12(10-8-11)23-16-13(19)5-4-6-14(16)20/h4-10,15,17H,1-3H3/t15-/m1/s1. The van der Waals surface area contributed by atoms with Crippen LogP contribution in [0.25, 0.3) is 0 Å². The minimum atomic E-state index is -2.47. The number of benzene rings is 2. The Balaban J connectivity index is 2.26. The maximum atomic E-state index is 13.7. The summed E-state index contributed by atoms with van der Waals surface area (Å²) in [5, 5.41) is 0.147. The molecule has 0 radical (unpaired) electrons. The molecule has 0 amide bonds. The van der Waals surface area contributed by atoms with Crippen molar-refractivity contribution in [2.24, 2.45) is 5.41 Å². The molecule has 2 aromatic rings. The molecule has 2 rings (SSSR count). The van der Waals surface area contributed by atoms with Crippen molar-refractivity contribution >= 4 is 11.6 Å². The Kier molecular flexibility index (Phi) is 5.25. The SMILES string of the molecule is CC(C)(C)[C@H](c1ccc(Oc2c(F)cccc2Cl)cc1)C(F)F. The van der Waals surface area contributed by atoms with Crippen LogP contribution in [0, 0.1) is 11.2 Å². The lowest BCUT2D eigenvalue weighted by Crippen LogP contribution is -2.24. The summed E-state index contributed by atoms with van der Waals surface area (Å²) in [7, 11) is 0. The van der Waals surface area contributed by atoms with Crippen molar-refractivity contribution in [1.29, 1.82) is 0 Å². The number of para-hydroxylation sites is 1. The van der Waals surface area contributed by atoms with E-state index in [-0.39, 0.29) is 10.8 Å². The topological polar surface area (TPSA) is 9.23 Å². The summed E-state index contributed by atoms with van der Waals surface area (Å²) in [6.45, 7) is 5.31. The van der Waals surface area contributed by atoms with Crippen LogP contribution in [0.5, 0.6) is 11.5 Å². The molecule has 0 saturated heterocycles. The van der Waals surface area contributed by atoms with Gasteiger partial charge in [-0.25, -0.2) is 13.2 Å². The van der Waals surface area contributed by atoms with Crippen LogP contribution in [0.2, 0.25) is 5.02 Å². The zero-order valence-electron chi connectivity index (χ0n) is 13.1. The van der Waals surface area contributed by atoms with Gasteiger partial charge < -0.3 is 4.74 Å². The smallest absolute Gasteiger partial charge is 0.245 e. The van der Waals surface area contributed by atoms with Crippen LogP contribution >= 0.6 is 11.6 Å². The Bertz CT molecular complexity index is 643. The maximum Gasteiger partial charge on any atom is 0.245 e. The van der Waals surface area contributed by atoms with Crippen molar-refractivity contribution < 1.29 is 17.9 Å². The fourth-order valence-corrected chi connectivity index (χ4v) is 2.67. The number of hydrogen-bond acceptors (Lipinski definition) is 1. The fraction of sp³-hybridized carbons (Fsp3) is 0.333. The van der Waals surface area contributed by atoms with Gasteiger partial charge in [0.25, 0.3) is 0 Å². The second kappa shape index (κ2) is 6.83. The highest BCUT2D eigenvalue weighted by molar-refractivity contribution is 6.32. The summed E-state index contributed by atoms with van der Waals surface area (Å²) >= 11 is 5.90. The third kappa shape index (κ3) is 4.20. The van der Waals surface area contributed by atoms with Crippen molar-refractivity contribution in [2.75, 3.05) is 0 Å².